The molecule has 2 aromatic carbocycles. The fourth-order valence-electron chi connectivity index (χ4n) is 5.99. The van der Waals surface area contributed by atoms with Gasteiger partial charge in [0.1, 0.15) is 0 Å². The smallest absolute Gasteiger partial charge is 0.251 e. The lowest BCUT2D eigenvalue weighted by atomic mass is 9.68. The number of carbonyl (C=O) groups is 1. The number of amides is 1. The van der Waals surface area contributed by atoms with Gasteiger partial charge in [0.05, 0.1) is 12.6 Å². The first-order valence-corrected chi connectivity index (χ1v) is 10.5. The zero-order valence-corrected chi connectivity index (χ0v) is 16.4. The van der Waals surface area contributed by atoms with E-state index in [4.69, 9.17) is 4.74 Å². The molecule has 2 aromatic rings. The molecule has 0 radical (unpaired) electrons. The van der Waals surface area contributed by atoms with Crippen LogP contribution in [0.1, 0.15) is 52.7 Å². The van der Waals surface area contributed by atoms with E-state index >= 15 is 0 Å². The van der Waals surface area contributed by atoms with Crippen LogP contribution in [0.2, 0.25) is 0 Å². The quantitative estimate of drug-likeness (QED) is 0.763. The third-order valence-corrected chi connectivity index (χ3v) is 7.10. The summed E-state index contributed by atoms with van der Waals surface area (Å²) in [6.07, 6.45) is 4.02. The van der Waals surface area contributed by atoms with E-state index in [2.05, 4.69) is 53.1 Å². The summed E-state index contributed by atoms with van der Waals surface area (Å²) in [6, 6.07) is 17.5. The molecule has 1 amide bonds. The summed E-state index contributed by atoms with van der Waals surface area (Å²) in [5.41, 5.74) is 4.70. The number of hydrogen-bond donors (Lipinski definition) is 2. The molecule has 1 heterocycles. The number of anilines is 1. The summed E-state index contributed by atoms with van der Waals surface area (Å²) in [4.78, 5) is 12.6. The van der Waals surface area contributed by atoms with Gasteiger partial charge in [-0.3, -0.25) is 4.79 Å². The maximum Gasteiger partial charge on any atom is 0.251 e. The summed E-state index contributed by atoms with van der Waals surface area (Å²) in [6.45, 7) is 1.07. The first-order valence-electron chi connectivity index (χ1n) is 10.5. The standard InChI is InChI=1S/C24H28N2O2/c1-28-12-11-25-24(27)18-9-10-20-19(14-18)21-16-7-8-17(13-16)22(21)23(26-20)15-5-3-2-4-6-15/h2-6,9-10,14,16-17,21-23,26H,7-8,11-13H2,1H3,(H,25,27)/t16-,17-,21-,22-,23-/m0/s1. The van der Waals surface area contributed by atoms with Gasteiger partial charge in [-0.25, -0.2) is 0 Å². The van der Waals surface area contributed by atoms with E-state index in [0.717, 1.165) is 17.4 Å². The molecule has 0 aromatic heterocycles. The average Bonchev–Trinajstić information content (AvgIpc) is 3.36. The summed E-state index contributed by atoms with van der Waals surface area (Å²) in [5, 5.41) is 6.79. The Labute approximate surface area is 166 Å². The summed E-state index contributed by atoms with van der Waals surface area (Å²) in [5.74, 6) is 2.73. The van der Waals surface area contributed by atoms with Crippen LogP contribution < -0.4 is 10.6 Å². The van der Waals surface area contributed by atoms with Crippen LogP contribution in [-0.4, -0.2) is 26.2 Å². The van der Waals surface area contributed by atoms with E-state index in [-0.39, 0.29) is 5.91 Å². The van der Waals surface area contributed by atoms with Crippen molar-refractivity contribution in [1.29, 1.82) is 0 Å². The highest BCUT2D eigenvalue weighted by atomic mass is 16.5. The van der Waals surface area contributed by atoms with Crippen LogP contribution >= 0.6 is 0 Å². The largest absolute Gasteiger partial charge is 0.383 e. The van der Waals surface area contributed by atoms with Crippen LogP contribution in [0.3, 0.4) is 0 Å². The van der Waals surface area contributed by atoms with Gasteiger partial charge < -0.3 is 15.4 Å². The van der Waals surface area contributed by atoms with E-state index < -0.39 is 0 Å². The first kappa shape index (κ1) is 17.7. The lowest BCUT2D eigenvalue weighted by Crippen LogP contribution is -2.36. The molecule has 2 saturated carbocycles. The molecular weight excluding hydrogens is 348 g/mol. The molecule has 0 saturated heterocycles. The van der Waals surface area contributed by atoms with Crippen LogP contribution in [0, 0.1) is 17.8 Å². The Kier molecular flexibility index (Phi) is 4.59. The minimum atomic E-state index is -0.00950. The highest BCUT2D eigenvalue weighted by Crippen LogP contribution is 2.63. The van der Waals surface area contributed by atoms with Crippen molar-refractivity contribution in [2.75, 3.05) is 25.6 Å². The molecule has 2 N–H and O–H groups in total. The fraction of sp³-hybridized carbons (Fsp3) is 0.458. The predicted molar refractivity (Wildman–Crippen MR) is 111 cm³/mol. The van der Waals surface area contributed by atoms with Crippen molar-refractivity contribution in [2.24, 2.45) is 17.8 Å². The molecule has 4 nitrogen and oxygen atoms in total. The van der Waals surface area contributed by atoms with Crippen LogP contribution in [0.4, 0.5) is 5.69 Å². The van der Waals surface area contributed by atoms with Gasteiger partial charge in [-0.2, -0.15) is 0 Å². The Morgan fingerprint density at radius 2 is 1.96 bits per heavy atom. The Bertz CT molecular complexity index is 866. The van der Waals surface area contributed by atoms with Crippen molar-refractivity contribution in [1.82, 2.24) is 5.32 Å². The molecule has 2 bridgehead atoms. The number of fused-ring (bicyclic) bond motifs is 7. The highest BCUT2D eigenvalue weighted by molar-refractivity contribution is 5.95. The Balaban J connectivity index is 1.49. The fourth-order valence-corrected chi connectivity index (χ4v) is 5.99. The van der Waals surface area contributed by atoms with Crippen molar-refractivity contribution in [3.8, 4) is 0 Å². The molecule has 1 aliphatic heterocycles. The van der Waals surface area contributed by atoms with E-state index in [1.54, 1.807) is 7.11 Å². The van der Waals surface area contributed by atoms with Crippen molar-refractivity contribution >= 4 is 11.6 Å². The van der Waals surface area contributed by atoms with E-state index in [1.165, 1.54) is 36.1 Å². The van der Waals surface area contributed by atoms with E-state index in [0.29, 0.717) is 31.0 Å². The number of nitrogens with one attached hydrogen (secondary N) is 2. The number of carbonyl (C=O) groups excluding carboxylic acids is 1. The third kappa shape index (κ3) is 2.91. The molecule has 28 heavy (non-hydrogen) atoms. The SMILES string of the molecule is COCCNC(=O)c1ccc2c(c1)[C@@H]1[C@H]3CC[C@@H](C3)[C@@H]1[C@H](c1ccccc1)N2. The van der Waals surface area contributed by atoms with Crippen molar-refractivity contribution in [3.63, 3.8) is 0 Å². The Morgan fingerprint density at radius 3 is 2.79 bits per heavy atom. The van der Waals surface area contributed by atoms with Gasteiger partial charge in [-0.05, 0) is 72.3 Å². The van der Waals surface area contributed by atoms with Gasteiger partial charge in [0.15, 0.2) is 0 Å². The molecule has 0 spiro atoms. The second-order valence-corrected chi connectivity index (χ2v) is 8.52. The molecular formula is C24H28N2O2. The monoisotopic (exact) mass is 376 g/mol. The van der Waals surface area contributed by atoms with Crippen LogP contribution in [0.5, 0.6) is 0 Å². The second kappa shape index (κ2) is 7.25. The normalized spacial score (nSPS) is 29.7. The first-order chi connectivity index (χ1) is 13.8. The van der Waals surface area contributed by atoms with Crippen LogP contribution in [-0.2, 0) is 4.74 Å². The number of benzene rings is 2. The summed E-state index contributed by atoms with van der Waals surface area (Å²) >= 11 is 0. The van der Waals surface area contributed by atoms with Crippen molar-refractivity contribution in [3.05, 3.63) is 65.2 Å². The minimum absolute atomic E-state index is 0.00950. The van der Waals surface area contributed by atoms with E-state index in [1.807, 2.05) is 6.07 Å². The van der Waals surface area contributed by atoms with Gasteiger partial charge in [0.2, 0.25) is 0 Å². The topological polar surface area (TPSA) is 50.4 Å². The zero-order chi connectivity index (χ0) is 19.1. The number of hydrogen-bond acceptors (Lipinski definition) is 3. The molecule has 4 heteroatoms. The molecule has 2 aliphatic carbocycles. The van der Waals surface area contributed by atoms with Crippen LogP contribution in [0.25, 0.3) is 0 Å². The van der Waals surface area contributed by atoms with E-state index in [9.17, 15) is 4.79 Å². The molecule has 3 aliphatic rings. The number of methoxy groups -OCH3 is 1. The molecule has 5 rings (SSSR count). The predicted octanol–water partition coefficient (Wildman–Crippen LogP) is 4.36. The maximum absolute atomic E-state index is 12.6. The minimum Gasteiger partial charge on any atom is -0.383 e. The Hall–Kier alpha value is -2.33. The lowest BCUT2D eigenvalue weighted by Gasteiger charge is -2.43. The van der Waals surface area contributed by atoms with Gasteiger partial charge >= 0.3 is 0 Å². The number of ether oxygens (including phenoxy) is 1. The van der Waals surface area contributed by atoms with Gasteiger partial charge in [0.25, 0.3) is 5.91 Å². The maximum atomic E-state index is 12.6. The third-order valence-electron chi connectivity index (χ3n) is 7.10. The highest BCUT2D eigenvalue weighted by Gasteiger charge is 2.53. The molecule has 146 valence electrons. The van der Waals surface area contributed by atoms with Crippen molar-refractivity contribution < 1.29 is 9.53 Å². The number of rotatable bonds is 5. The van der Waals surface area contributed by atoms with Crippen LogP contribution in [0.15, 0.2) is 48.5 Å². The summed E-state index contributed by atoms with van der Waals surface area (Å²) < 4.78 is 5.04. The molecule has 5 atom stereocenters. The lowest BCUT2D eigenvalue weighted by molar-refractivity contribution is 0.0937. The molecule has 2 fully saturated rings. The van der Waals surface area contributed by atoms with Crippen molar-refractivity contribution in [2.45, 2.75) is 31.2 Å². The average molecular weight is 377 g/mol. The Morgan fingerprint density at radius 1 is 1.14 bits per heavy atom. The van der Waals surface area contributed by atoms with Gasteiger partial charge in [0, 0.05) is 24.9 Å². The second-order valence-electron chi connectivity index (χ2n) is 8.52. The zero-order valence-electron chi connectivity index (χ0n) is 16.4. The van der Waals surface area contributed by atoms with Gasteiger partial charge in [-0.15, -0.1) is 0 Å². The van der Waals surface area contributed by atoms with Gasteiger partial charge in [-0.1, -0.05) is 30.3 Å². The summed E-state index contributed by atoms with van der Waals surface area (Å²) in [7, 11) is 1.65. The molecule has 0 unspecified atom stereocenters.